The molecule has 2 aromatic heterocycles. The number of aromatic amines is 1. The van der Waals surface area contributed by atoms with Crippen molar-refractivity contribution in [2.45, 2.75) is 32.6 Å². The molecule has 0 amide bonds. The second-order valence-corrected chi connectivity index (χ2v) is 9.96. The van der Waals surface area contributed by atoms with Crippen molar-refractivity contribution in [3.05, 3.63) is 52.1 Å². The fraction of sp³-hybridized carbons (Fsp3) is 0.409. The van der Waals surface area contributed by atoms with Crippen molar-refractivity contribution in [1.29, 1.82) is 0 Å². The zero-order chi connectivity index (χ0) is 24.2. The number of hydrogen-bond acceptors (Lipinski definition) is 8. The summed E-state index contributed by atoms with van der Waals surface area (Å²) < 4.78 is 36.7. The van der Waals surface area contributed by atoms with E-state index in [0.29, 0.717) is 23.2 Å². The Morgan fingerprint density at radius 1 is 1.21 bits per heavy atom. The van der Waals surface area contributed by atoms with Crippen LogP contribution in [0.5, 0.6) is 0 Å². The van der Waals surface area contributed by atoms with Crippen LogP contribution in [0.25, 0.3) is 0 Å². The largest absolute Gasteiger partial charge is 0.322 e. The number of thiol groups is 1. The van der Waals surface area contributed by atoms with Crippen LogP contribution in [0.3, 0.4) is 0 Å². The molecule has 9 nitrogen and oxygen atoms in total. The maximum atomic E-state index is 15.0. The molecule has 0 spiro atoms. The zero-order valence-corrected chi connectivity index (χ0v) is 20.6. The molecule has 0 bridgehead atoms. The number of H-pyrrole nitrogens is 1. The van der Waals surface area contributed by atoms with Gasteiger partial charge < -0.3 is 15.5 Å². The summed E-state index contributed by atoms with van der Waals surface area (Å²) in [6, 6.07) is 5.15. The van der Waals surface area contributed by atoms with Gasteiger partial charge in [0.2, 0.25) is 5.95 Å². The van der Waals surface area contributed by atoms with Gasteiger partial charge in [-0.2, -0.15) is 10.1 Å². The number of nitrogens with zero attached hydrogens (tertiary/aromatic N) is 4. The number of nitrogens with one attached hydrogen (secondary N) is 3. The lowest BCUT2D eigenvalue weighted by molar-refractivity contribution is 0.223. The second kappa shape index (κ2) is 10.7. The highest BCUT2D eigenvalue weighted by Crippen LogP contribution is 2.33. The Labute approximate surface area is 204 Å². The molecule has 182 valence electrons. The van der Waals surface area contributed by atoms with Crippen molar-refractivity contribution < 1.29 is 12.8 Å². The Bertz CT molecular complexity index is 1230. The van der Waals surface area contributed by atoms with Gasteiger partial charge in [-0.3, -0.25) is 5.10 Å². The molecule has 0 aliphatic carbocycles. The van der Waals surface area contributed by atoms with Gasteiger partial charge in [0, 0.05) is 18.3 Å². The van der Waals surface area contributed by atoms with Gasteiger partial charge in [0.05, 0.1) is 17.6 Å². The van der Waals surface area contributed by atoms with E-state index in [9.17, 15) is 8.42 Å². The molecular weight excluding hydrogens is 481 g/mol. The van der Waals surface area contributed by atoms with E-state index in [1.54, 1.807) is 12.1 Å². The van der Waals surface area contributed by atoms with Gasteiger partial charge >= 0.3 is 0 Å². The average molecular weight is 508 g/mol. The van der Waals surface area contributed by atoms with Crippen LogP contribution < -0.4 is 10.6 Å². The van der Waals surface area contributed by atoms with Crippen LogP contribution in [-0.2, 0) is 10.7 Å². The van der Waals surface area contributed by atoms with Crippen molar-refractivity contribution in [3.63, 3.8) is 0 Å². The number of aryl methyl sites for hydroxylation is 2. The van der Waals surface area contributed by atoms with Crippen LogP contribution in [0.15, 0.2) is 24.4 Å². The van der Waals surface area contributed by atoms with Gasteiger partial charge in [0.25, 0.3) is 0 Å². The minimum Gasteiger partial charge on any atom is -0.322 e. The monoisotopic (exact) mass is 507 g/mol. The van der Waals surface area contributed by atoms with Crippen molar-refractivity contribution >= 4 is 45.6 Å². The summed E-state index contributed by atoms with van der Waals surface area (Å²) in [5, 5.41) is 13.2. The SMILES string of the molecule is Cc1cc(Nc2nc(Nc3cc(C)c(C4CCN(CC[SH](=O)=O)CC4)cc3F)ncc2Cl)n[nH]1. The summed E-state index contributed by atoms with van der Waals surface area (Å²) in [5.74, 6) is 1.15. The van der Waals surface area contributed by atoms with Gasteiger partial charge in [0.1, 0.15) is 21.5 Å². The van der Waals surface area contributed by atoms with Crippen molar-refractivity contribution in [1.82, 2.24) is 25.1 Å². The Balaban J connectivity index is 1.45. The molecular formula is C22H27ClFN7O2S. The van der Waals surface area contributed by atoms with E-state index in [0.717, 1.165) is 42.8 Å². The molecule has 1 aliphatic rings. The summed E-state index contributed by atoms with van der Waals surface area (Å²) in [7, 11) is -2.36. The van der Waals surface area contributed by atoms with E-state index in [2.05, 4.69) is 35.7 Å². The first-order valence-corrected chi connectivity index (χ1v) is 12.8. The quantitative estimate of drug-likeness (QED) is 0.339. The predicted molar refractivity (Wildman–Crippen MR) is 132 cm³/mol. The molecule has 12 heteroatoms. The smallest absolute Gasteiger partial charge is 0.229 e. The van der Waals surface area contributed by atoms with Gasteiger partial charge in [0.15, 0.2) is 11.6 Å². The first-order chi connectivity index (χ1) is 16.3. The number of piperidine rings is 1. The van der Waals surface area contributed by atoms with Gasteiger partial charge in [-0.05, 0) is 69.0 Å². The highest BCUT2D eigenvalue weighted by Gasteiger charge is 2.23. The van der Waals surface area contributed by atoms with Crippen LogP contribution in [0.1, 0.15) is 35.6 Å². The molecule has 1 aromatic carbocycles. The van der Waals surface area contributed by atoms with Crippen LogP contribution in [0.4, 0.5) is 27.7 Å². The lowest BCUT2D eigenvalue weighted by Crippen LogP contribution is -2.35. The molecule has 3 N–H and O–H groups in total. The number of rotatable bonds is 8. The van der Waals surface area contributed by atoms with Gasteiger partial charge in [-0.1, -0.05) is 11.6 Å². The lowest BCUT2D eigenvalue weighted by Gasteiger charge is -2.32. The van der Waals surface area contributed by atoms with E-state index in [4.69, 9.17) is 11.6 Å². The summed E-state index contributed by atoms with van der Waals surface area (Å²) >= 11 is 6.20. The molecule has 1 fully saturated rings. The standard InChI is InChI=1S/C22H27ClFN7O2S/c1-13-9-19(18(24)11-16(13)15-3-5-31(6-4-15)7-8-34(32)33)26-22-25-12-17(23)21(28-22)27-20-10-14(2)29-30-20/h9-12,15,34H,3-8H2,1-2H3,(H3,25,26,27,28,29,30). The fourth-order valence-corrected chi connectivity index (χ4v) is 4.75. The van der Waals surface area contributed by atoms with E-state index >= 15 is 4.39 Å². The third kappa shape index (κ3) is 6.02. The number of likely N-dealkylation sites (tertiary alicyclic amines) is 1. The van der Waals surface area contributed by atoms with E-state index in [1.807, 2.05) is 19.9 Å². The normalized spacial score (nSPS) is 15.1. The number of halogens is 2. The minimum atomic E-state index is -2.36. The van der Waals surface area contributed by atoms with Crippen LogP contribution in [0.2, 0.25) is 5.02 Å². The molecule has 1 aliphatic heterocycles. The summed E-state index contributed by atoms with van der Waals surface area (Å²) in [6.45, 7) is 6.00. The van der Waals surface area contributed by atoms with Gasteiger partial charge in [-0.25, -0.2) is 17.8 Å². The number of benzene rings is 1. The molecule has 4 rings (SSSR count). The summed E-state index contributed by atoms with van der Waals surface area (Å²) in [6.07, 6.45) is 3.17. The maximum Gasteiger partial charge on any atom is 0.229 e. The first kappa shape index (κ1) is 24.4. The van der Waals surface area contributed by atoms with Crippen molar-refractivity contribution in [2.75, 3.05) is 36.0 Å². The molecule has 0 radical (unpaired) electrons. The third-order valence-electron chi connectivity index (χ3n) is 5.92. The van der Waals surface area contributed by atoms with E-state index in [-0.39, 0.29) is 29.1 Å². The second-order valence-electron chi connectivity index (χ2n) is 8.44. The van der Waals surface area contributed by atoms with Gasteiger partial charge in [-0.15, -0.1) is 0 Å². The fourth-order valence-electron chi connectivity index (χ4n) is 4.16. The molecule has 0 saturated carbocycles. The van der Waals surface area contributed by atoms with Crippen molar-refractivity contribution in [2.24, 2.45) is 0 Å². The molecule has 3 aromatic rings. The summed E-state index contributed by atoms with van der Waals surface area (Å²) in [4.78, 5) is 10.7. The van der Waals surface area contributed by atoms with Crippen LogP contribution in [-0.4, -0.2) is 58.9 Å². The van der Waals surface area contributed by atoms with Crippen molar-refractivity contribution in [3.8, 4) is 0 Å². The predicted octanol–water partition coefficient (Wildman–Crippen LogP) is 3.89. The Morgan fingerprint density at radius 2 is 1.97 bits per heavy atom. The Kier molecular flexibility index (Phi) is 7.64. The first-order valence-electron chi connectivity index (χ1n) is 11.0. The van der Waals surface area contributed by atoms with Crippen LogP contribution >= 0.6 is 11.6 Å². The number of hydrogen-bond donors (Lipinski definition) is 4. The third-order valence-corrected chi connectivity index (χ3v) is 6.77. The lowest BCUT2D eigenvalue weighted by atomic mass is 9.86. The van der Waals surface area contributed by atoms with Crippen LogP contribution in [0, 0.1) is 19.7 Å². The average Bonchev–Trinajstić information content (AvgIpc) is 3.21. The topological polar surface area (TPSA) is 116 Å². The Hall–Kier alpha value is -2.76. The number of anilines is 4. The molecule has 34 heavy (non-hydrogen) atoms. The number of aromatic nitrogens is 4. The van der Waals surface area contributed by atoms with E-state index < -0.39 is 10.7 Å². The minimum absolute atomic E-state index is 0.180. The molecule has 3 heterocycles. The Morgan fingerprint density at radius 3 is 2.65 bits per heavy atom. The summed E-state index contributed by atoms with van der Waals surface area (Å²) in [5.41, 5.74) is 3.12. The molecule has 1 saturated heterocycles. The molecule has 0 unspecified atom stereocenters. The highest BCUT2D eigenvalue weighted by atomic mass is 35.5. The highest BCUT2D eigenvalue weighted by molar-refractivity contribution is 7.72. The maximum absolute atomic E-state index is 15.0. The van der Waals surface area contributed by atoms with E-state index in [1.165, 1.54) is 6.20 Å². The molecule has 0 atom stereocenters. The zero-order valence-electron chi connectivity index (χ0n) is 18.9.